The maximum atomic E-state index is 13.2. The van der Waals surface area contributed by atoms with Gasteiger partial charge in [-0.3, -0.25) is 19.7 Å². The molecule has 2 saturated heterocycles. The average Bonchev–Trinajstić information content (AvgIpc) is 3.22. The van der Waals surface area contributed by atoms with Gasteiger partial charge < -0.3 is 4.90 Å². The number of piperazine rings is 1. The molecule has 0 spiro atoms. The van der Waals surface area contributed by atoms with Gasteiger partial charge in [-0.05, 0) is 62.8 Å². The number of para-hydroxylation sites is 2. The summed E-state index contributed by atoms with van der Waals surface area (Å²) in [6.07, 6.45) is 2.02. The van der Waals surface area contributed by atoms with Gasteiger partial charge in [0.2, 0.25) is 5.91 Å². The number of carbonyl (C=O) groups is 1. The largest absolute Gasteiger partial charge is 0.340 e. The summed E-state index contributed by atoms with van der Waals surface area (Å²) in [6, 6.07) is 16.7. The molecule has 33 heavy (non-hydrogen) atoms. The van der Waals surface area contributed by atoms with Crippen LogP contribution in [0.15, 0.2) is 53.0 Å². The van der Waals surface area contributed by atoms with Crippen molar-refractivity contribution >= 4 is 32.9 Å². The zero-order valence-electron chi connectivity index (χ0n) is 19.1. The minimum atomic E-state index is 0.0744. The lowest BCUT2D eigenvalue weighted by Gasteiger charge is -2.38. The standard InChI is InChI=1S/C25H31BrN6O/c1-27-31-15-13-30(14-16-31)25(33)19-5-4-12-29(17-19)18-24-28-22-6-2-3-7-23(22)32(24)21-10-8-20(26)9-11-21/h2-3,6-11,19,27H,4-5,12-18H2,1H3/t19-/m0/s1. The molecule has 5 rings (SSSR count). The van der Waals surface area contributed by atoms with Gasteiger partial charge in [-0.1, -0.05) is 28.1 Å². The number of imidazole rings is 1. The van der Waals surface area contributed by atoms with Gasteiger partial charge in [0.15, 0.2) is 0 Å². The minimum absolute atomic E-state index is 0.0744. The summed E-state index contributed by atoms with van der Waals surface area (Å²) in [6.45, 7) is 5.91. The van der Waals surface area contributed by atoms with Crippen molar-refractivity contribution in [3.8, 4) is 5.69 Å². The average molecular weight is 511 g/mol. The van der Waals surface area contributed by atoms with Gasteiger partial charge in [-0.15, -0.1) is 0 Å². The molecule has 174 valence electrons. The van der Waals surface area contributed by atoms with Crippen LogP contribution in [-0.4, -0.2) is 76.6 Å². The van der Waals surface area contributed by atoms with E-state index in [2.05, 4.69) is 83.2 Å². The Morgan fingerprint density at radius 1 is 1.06 bits per heavy atom. The molecular formula is C25H31BrN6O. The van der Waals surface area contributed by atoms with Gasteiger partial charge in [-0.2, -0.15) is 0 Å². The summed E-state index contributed by atoms with van der Waals surface area (Å²) in [5.41, 5.74) is 6.41. The number of halogens is 1. The number of aromatic nitrogens is 2. The first-order chi connectivity index (χ1) is 16.1. The van der Waals surface area contributed by atoms with E-state index in [4.69, 9.17) is 4.98 Å². The second-order valence-corrected chi connectivity index (χ2v) is 9.85. The number of amides is 1. The van der Waals surface area contributed by atoms with E-state index in [0.29, 0.717) is 5.91 Å². The van der Waals surface area contributed by atoms with Crippen LogP contribution in [0.3, 0.4) is 0 Å². The van der Waals surface area contributed by atoms with Gasteiger partial charge in [-0.25, -0.2) is 9.99 Å². The molecule has 2 aliphatic heterocycles. The normalized spacial score (nSPS) is 20.4. The molecule has 0 saturated carbocycles. The molecule has 1 amide bonds. The van der Waals surface area contributed by atoms with E-state index < -0.39 is 0 Å². The molecule has 1 atom stereocenters. The third-order valence-electron chi connectivity index (χ3n) is 6.84. The first-order valence-electron chi connectivity index (χ1n) is 11.8. The summed E-state index contributed by atoms with van der Waals surface area (Å²) in [7, 11) is 1.94. The van der Waals surface area contributed by atoms with E-state index in [1.165, 1.54) is 0 Å². The first-order valence-corrected chi connectivity index (χ1v) is 12.6. The predicted molar refractivity (Wildman–Crippen MR) is 134 cm³/mol. The van der Waals surface area contributed by atoms with Crippen molar-refractivity contribution in [1.29, 1.82) is 0 Å². The Bertz CT molecular complexity index is 1110. The van der Waals surface area contributed by atoms with Crippen LogP contribution >= 0.6 is 15.9 Å². The monoisotopic (exact) mass is 510 g/mol. The number of nitrogens with zero attached hydrogens (tertiary/aromatic N) is 5. The number of likely N-dealkylation sites (tertiary alicyclic amines) is 1. The van der Waals surface area contributed by atoms with Crippen molar-refractivity contribution in [2.45, 2.75) is 19.4 Å². The van der Waals surface area contributed by atoms with Crippen molar-refractivity contribution in [1.82, 2.24) is 29.8 Å². The van der Waals surface area contributed by atoms with Crippen LogP contribution in [0.1, 0.15) is 18.7 Å². The van der Waals surface area contributed by atoms with Gasteiger partial charge >= 0.3 is 0 Å². The van der Waals surface area contributed by atoms with Crippen molar-refractivity contribution in [3.05, 3.63) is 58.8 Å². The van der Waals surface area contributed by atoms with Crippen LogP contribution in [0, 0.1) is 5.92 Å². The lowest BCUT2D eigenvalue weighted by Crippen LogP contribution is -2.54. The van der Waals surface area contributed by atoms with Crippen molar-refractivity contribution < 1.29 is 4.79 Å². The fraction of sp³-hybridized carbons (Fsp3) is 0.440. The van der Waals surface area contributed by atoms with Crippen LogP contribution < -0.4 is 5.43 Å². The maximum Gasteiger partial charge on any atom is 0.227 e. The van der Waals surface area contributed by atoms with Crippen LogP contribution in [0.2, 0.25) is 0 Å². The fourth-order valence-corrected chi connectivity index (χ4v) is 5.33. The van der Waals surface area contributed by atoms with E-state index in [1.807, 2.05) is 13.1 Å². The predicted octanol–water partition coefficient (Wildman–Crippen LogP) is 3.28. The van der Waals surface area contributed by atoms with E-state index in [1.54, 1.807) is 0 Å². The lowest BCUT2D eigenvalue weighted by molar-refractivity contribution is -0.139. The van der Waals surface area contributed by atoms with E-state index in [9.17, 15) is 4.79 Å². The zero-order valence-corrected chi connectivity index (χ0v) is 20.7. The molecule has 2 aromatic carbocycles. The number of hydrazine groups is 1. The third-order valence-corrected chi connectivity index (χ3v) is 7.37. The summed E-state index contributed by atoms with van der Waals surface area (Å²) in [4.78, 5) is 22.7. The molecule has 2 aliphatic rings. The third kappa shape index (κ3) is 4.84. The number of hydrogen-bond donors (Lipinski definition) is 1. The van der Waals surface area contributed by atoms with Crippen molar-refractivity contribution in [2.24, 2.45) is 5.92 Å². The van der Waals surface area contributed by atoms with Crippen LogP contribution in [0.25, 0.3) is 16.7 Å². The van der Waals surface area contributed by atoms with Crippen molar-refractivity contribution in [2.75, 3.05) is 46.3 Å². The Kier molecular flexibility index (Phi) is 6.78. The Balaban J connectivity index is 1.34. The minimum Gasteiger partial charge on any atom is -0.340 e. The second kappa shape index (κ2) is 9.93. The summed E-state index contributed by atoms with van der Waals surface area (Å²) < 4.78 is 3.31. The zero-order chi connectivity index (χ0) is 22.8. The second-order valence-electron chi connectivity index (χ2n) is 8.94. The maximum absolute atomic E-state index is 13.2. The summed E-state index contributed by atoms with van der Waals surface area (Å²) >= 11 is 3.54. The van der Waals surface area contributed by atoms with Crippen LogP contribution in [0.5, 0.6) is 0 Å². The molecular weight excluding hydrogens is 480 g/mol. The smallest absolute Gasteiger partial charge is 0.227 e. The number of rotatable bonds is 5. The molecule has 1 N–H and O–H groups in total. The van der Waals surface area contributed by atoms with Gasteiger partial charge in [0.25, 0.3) is 0 Å². The number of carbonyl (C=O) groups excluding carboxylic acids is 1. The molecule has 8 heteroatoms. The highest BCUT2D eigenvalue weighted by atomic mass is 79.9. The number of hydrogen-bond acceptors (Lipinski definition) is 5. The molecule has 0 aliphatic carbocycles. The molecule has 3 aromatic rings. The Morgan fingerprint density at radius 3 is 2.58 bits per heavy atom. The van der Waals surface area contributed by atoms with Crippen LogP contribution in [0.4, 0.5) is 0 Å². The first kappa shape index (κ1) is 22.5. The topological polar surface area (TPSA) is 56.6 Å². The summed E-state index contributed by atoms with van der Waals surface area (Å²) in [5.74, 6) is 1.41. The molecule has 1 aromatic heterocycles. The lowest BCUT2D eigenvalue weighted by atomic mass is 9.96. The molecule has 7 nitrogen and oxygen atoms in total. The Hall–Kier alpha value is -2.26. The molecule has 0 unspecified atom stereocenters. The number of benzene rings is 2. The van der Waals surface area contributed by atoms with E-state index in [-0.39, 0.29) is 5.92 Å². The van der Waals surface area contributed by atoms with E-state index in [0.717, 1.165) is 85.7 Å². The number of piperidine rings is 1. The highest BCUT2D eigenvalue weighted by Crippen LogP contribution is 2.26. The van der Waals surface area contributed by atoms with E-state index >= 15 is 0 Å². The van der Waals surface area contributed by atoms with Gasteiger partial charge in [0.1, 0.15) is 5.82 Å². The Morgan fingerprint density at radius 2 is 1.82 bits per heavy atom. The quantitative estimate of drug-likeness (QED) is 0.570. The number of nitrogens with one attached hydrogen (secondary N) is 1. The molecule has 0 radical (unpaired) electrons. The molecule has 0 bridgehead atoms. The highest BCUT2D eigenvalue weighted by Gasteiger charge is 2.31. The Labute approximate surface area is 203 Å². The fourth-order valence-electron chi connectivity index (χ4n) is 5.07. The SMILES string of the molecule is CNN1CCN(C(=O)[C@H]2CCCN(Cc3nc4ccccc4n3-c3ccc(Br)cc3)C2)CC1. The summed E-state index contributed by atoms with van der Waals surface area (Å²) in [5, 5.41) is 2.17. The number of fused-ring (bicyclic) bond motifs is 1. The highest BCUT2D eigenvalue weighted by molar-refractivity contribution is 9.10. The molecule has 2 fully saturated rings. The van der Waals surface area contributed by atoms with Crippen LogP contribution in [-0.2, 0) is 11.3 Å². The van der Waals surface area contributed by atoms with Crippen molar-refractivity contribution in [3.63, 3.8) is 0 Å². The van der Waals surface area contributed by atoms with Gasteiger partial charge in [0.05, 0.1) is 23.5 Å². The molecule has 3 heterocycles. The van der Waals surface area contributed by atoms with Gasteiger partial charge in [0, 0.05) is 42.9 Å².